The third-order valence-electron chi connectivity index (χ3n) is 3.27. The Morgan fingerprint density at radius 1 is 1.00 bits per heavy atom. The molecule has 1 aromatic rings. The van der Waals surface area contributed by atoms with Gasteiger partial charge in [0.25, 0.3) is 0 Å². The minimum atomic E-state index is 0.238. The van der Waals surface area contributed by atoms with Crippen LogP contribution in [-0.2, 0) is 0 Å². The van der Waals surface area contributed by atoms with Gasteiger partial charge in [0.2, 0.25) is 0 Å². The average Bonchev–Trinajstić information content (AvgIpc) is 2.42. The van der Waals surface area contributed by atoms with E-state index in [9.17, 15) is 4.79 Å². The maximum absolute atomic E-state index is 11.8. The van der Waals surface area contributed by atoms with Gasteiger partial charge in [-0.2, -0.15) is 0 Å². The van der Waals surface area contributed by atoms with Gasteiger partial charge in [0.05, 0.1) is 0 Å². The molecule has 0 spiro atoms. The zero-order chi connectivity index (χ0) is 13.1. The number of benzene rings is 1. The van der Waals surface area contributed by atoms with E-state index in [0.717, 1.165) is 12.0 Å². The molecule has 0 aromatic heterocycles. The molecule has 0 bridgehead atoms. The van der Waals surface area contributed by atoms with Crippen molar-refractivity contribution in [1.29, 1.82) is 0 Å². The minimum Gasteiger partial charge on any atom is -0.294 e. The van der Waals surface area contributed by atoms with Crippen molar-refractivity contribution in [1.82, 2.24) is 0 Å². The lowest BCUT2D eigenvalue weighted by Crippen LogP contribution is -1.98. The van der Waals surface area contributed by atoms with Crippen molar-refractivity contribution in [3.63, 3.8) is 0 Å². The van der Waals surface area contributed by atoms with Crippen molar-refractivity contribution in [2.75, 3.05) is 0 Å². The minimum absolute atomic E-state index is 0.238. The first kappa shape index (κ1) is 14.9. The van der Waals surface area contributed by atoms with Gasteiger partial charge in [-0.05, 0) is 12.5 Å². The van der Waals surface area contributed by atoms with E-state index in [4.69, 9.17) is 0 Å². The van der Waals surface area contributed by atoms with Gasteiger partial charge in [-0.15, -0.1) is 0 Å². The molecular weight excluding hydrogens is 220 g/mol. The van der Waals surface area contributed by atoms with Gasteiger partial charge in [-0.1, -0.05) is 76.1 Å². The molecule has 0 fully saturated rings. The Morgan fingerprint density at radius 3 is 2.28 bits per heavy atom. The molecule has 0 saturated heterocycles. The Bertz CT molecular complexity index is 316. The molecule has 0 N–H and O–H groups in total. The maximum atomic E-state index is 11.8. The highest BCUT2D eigenvalue weighted by Gasteiger charge is 2.04. The van der Waals surface area contributed by atoms with Crippen LogP contribution in [0.5, 0.6) is 0 Å². The summed E-state index contributed by atoms with van der Waals surface area (Å²) in [5.41, 5.74) is 0.737. The largest absolute Gasteiger partial charge is 0.294 e. The summed E-state index contributed by atoms with van der Waals surface area (Å²) in [7, 11) is 0. The molecule has 1 radical (unpaired) electrons. The van der Waals surface area contributed by atoms with Gasteiger partial charge in [0, 0.05) is 12.0 Å². The fraction of sp³-hybridized carbons (Fsp3) is 0.588. The van der Waals surface area contributed by atoms with Crippen molar-refractivity contribution in [2.24, 2.45) is 0 Å². The molecule has 1 nitrogen and oxygen atoms in total. The molecule has 1 rings (SSSR count). The average molecular weight is 245 g/mol. The third-order valence-corrected chi connectivity index (χ3v) is 3.27. The molecular formula is C17H25O. The van der Waals surface area contributed by atoms with Crippen LogP contribution < -0.4 is 0 Å². The second-order valence-electron chi connectivity index (χ2n) is 4.92. The zero-order valence-electron chi connectivity index (χ0n) is 11.6. The normalized spacial score (nSPS) is 10.5. The van der Waals surface area contributed by atoms with E-state index in [1.165, 1.54) is 44.9 Å². The summed E-state index contributed by atoms with van der Waals surface area (Å²) in [6.45, 7) is 2.24. The second kappa shape index (κ2) is 9.87. The quantitative estimate of drug-likeness (QED) is 0.409. The van der Waals surface area contributed by atoms with Crippen molar-refractivity contribution in [3.05, 3.63) is 35.9 Å². The van der Waals surface area contributed by atoms with E-state index in [0.29, 0.717) is 6.42 Å². The molecule has 0 amide bonds. The van der Waals surface area contributed by atoms with Crippen LogP contribution in [0.1, 0.15) is 75.1 Å². The molecule has 99 valence electrons. The fourth-order valence-electron chi connectivity index (χ4n) is 2.12. The first-order valence-corrected chi connectivity index (χ1v) is 7.34. The van der Waals surface area contributed by atoms with Crippen LogP contribution in [0.3, 0.4) is 0 Å². The fourth-order valence-corrected chi connectivity index (χ4v) is 2.12. The van der Waals surface area contributed by atoms with Crippen LogP contribution in [0, 0.1) is 6.07 Å². The number of ketones is 1. The van der Waals surface area contributed by atoms with Crippen molar-refractivity contribution >= 4 is 5.78 Å². The Kier molecular flexibility index (Phi) is 8.20. The van der Waals surface area contributed by atoms with Crippen LogP contribution in [0.15, 0.2) is 24.3 Å². The van der Waals surface area contributed by atoms with E-state index in [1.54, 1.807) is 6.07 Å². The van der Waals surface area contributed by atoms with Gasteiger partial charge in [0.1, 0.15) is 0 Å². The SMILES string of the molecule is CCCCCCCCCCC(=O)c1[c]cccc1. The number of unbranched alkanes of at least 4 members (excludes halogenated alkanes) is 7. The molecule has 0 heterocycles. The lowest BCUT2D eigenvalue weighted by Gasteiger charge is -2.02. The first-order valence-electron chi connectivity index (χ1n) is 7.34. The van der Waals surface area contributed by atoms with Gasteiger partial charge in [-0.3, -0.25) is 4.79 Å². The van der Waals surface area contributed by atoms with Gasteiger partial charge >= 0.3 is 0 Å². The second-order valence-corrected chi connectivity index (χ2v) is 4.92. The van der Waals surface area contributed by atoms with Gasteiger partial charge in [-0.25, -0.2) is 0 Å². The smallest absolute Gasteiger partial charge is 0.163 e. The summed E-state index contributed by atoms with van der Waals surface area (Å²) < 4.78 is 0. The van der Waals surface area contributed by atoms with Crippen LogP contribution in [0.2, 0.25) is 0 Å². The van der Waals surface area contributed by atoms with Crippen molar-refractivity contribution in [3.8, 4) is 0 Å². The van der Waals surface area contributed by atoms with E-state index >= 15 is 0 Å². The summed E-state index contributed by atoms with van der Waals surface area (Å²) >= 11 is 0. The molecule has 18 heavy (non-hydrogen) atoms. The Balaban J connectivity index is 2.00. The van der Waals surface area contributed by atoms with Crippen molar-refractivity contribution < 1.29 is 4.79 Å². The number of rotatable bonds is 10. The predicted molar refractivity (Wildman–Crippen MR) is 76.8 cm³/mol. The Hall–Kier alpha value is -1.11. The maximum Gasteiger partial charge on any atom is 0.163 e. The van der Waals surface area contributed by atoms with Crippen LogP contribution >= 0.6 is 0 Å². The monoisotopic (exact) mass is 245 g/mol. The van der Waals surface area contributed by atoms with E-state index in [2.05, 4.69) is 13.0 Å². The summed E-state index contributed by atoms with van der Waals surface area (Å²) in [5, 5.41) is 0. The van der Waals surface area contributed by atoms with Crippen LogP contribution in [0.25, 0.3) is 0 Å². The molecule has 0 unspecified atom stereocenters. The Labute approximate surface area is 112 Å². The number of hydrogen-bond donors (Lipinski definition) is 0. The summed E-state index contributed by atoms with van der Waals surface area (Å²) in [6.07, 6.45) is 10.9. The molecule has 0 atom stereocenters. The number of carbonyl (C=O) groups excluding carboxylic acids is 1. The lowest BCUT2D eigenvalue weighted by molar-refractivity contribution is 0.0979. The molecule has 1 heteroatoms. The van der Waals surface area contributed by atoms with Gasteiger partial charge < -0.3 is 0 Å². The van der Waals surface area contributed by atoms with Crippen LogP contribution in [-0.4, -0.2) is 5.78 Å². The third kappa shape index (κ3) is 6.58. The predicted octanol–water partition coefficient (Wildman–Crippen LogP) is 5.20. The molecule has 0 saturated carbocycles. The topological polar surface area (TPSA) is 17.1 Å². The van der Waals surface area contributed by atoms with Crippen LogP contribution in [0.4, 0.5) is 0 Å². The molecule has 0 aliphatic heterocycles. The Morgan fingerprint density at radius 2 is 1.67 bits per heavy atom. The summed E-state index contributed by atoms with van der Waals surface area (Å²) in [6, 6.07) is 10.5. The van der Waals surface area contributed by atoms with E-state index in [1.807, 2.05) is 18.2 Å². The highest BCUT2D eigenvalue weighted by molar-refractivity contribution is 5.95. The lowest BCUT2D eigenvalue weighted by atomic mass is 10.0. The summed E-state index contributed by atoms with van der Waals surface area (Å²) in [4.78, 5) is 11.8. The van der Waals surface area contributed by atoms with E-state index in [-0.39, 0.29) is 5.78 Å². The highest BCUT2D eigenvalue weighted by atomic mass is 16.1. The first-order chi connectivity index (χ1) is 8.84. The molecule has 1 aromatic carbocycles. The molecule has 0 aliphatic carbocycles. The summed E-state index contributed by atoms with van der Waals surface area (Å²) in [5.74, 6) is 0.238. The highest BCUT2D eigenvalue weighted by Crippen LogP contribution is 2.11. The number of Topliss-reactive ketones (excluding diaryl/α,β-unsaturated/α-hetero) is 1. The zero-order valence-corrected chi connectivity index (χ0v) is 11.6. The molecule has 0 aliphatic rings. The number of carbonyl (C=O) groups is 1. The standard InChI is InChI=1S/C17H25O/c1-2-3-4-5-6-7-8-12-15-17(18)16-13-10-9-11-14-16/h9-11,13H,2-8,12,15H2,1H3. The van der Waals surface area contributed by atoms with E-state index < -0.39 is 0 Å². The van der Waals surface area contributed by atoms with Gasteiger partial charge in [0.15, 0.2) is 5.78 Å². The number of hydrogen-bond acceptors (Lipinski definition) is 1. The van der Waals surface area contributed by atoms with Crippen molar-refractivity contribution in [2.45, 2.75) is 64.7 Å².